The van der Waals surface area contributed by atoms with Crippen LogP contribution in [0.15, 0.2) is 5.16 Å². The van der Waals surface area contributed by atoms with Crippen molar-refractivity contribution in [3.05, 3.63) is 0 Å². The molecule has 3 nitrogen and oxygen atoms in total. The molecule has 12 heavy (non-hydrogen) atoms. The summed E-state index contributed by atoms with van der Waals surface area (Å²) in [5.41, 5.74) is 5.47. The molecule has 0 aromatic heterocycles. The van der Waals surface area contributed by atoms with E-state index in [1.807, 2.05) is 18.7 Å². The molecule has 1 rings (SSSR count). The molecule has 1 atom stereocenters. The van der Waals surface area contributed by atoms with E-state index >= 15 is 0 Å². The summed E-state index contributed by atoms with van der Waals surface area (Å²) in [5, 5.41) is 12.3. The Morgan fingerprint density at radius 2 is 2.17 bits per heavy atom. The van der Waals surface area contributed by atoms with Crippen LogP contribution in [-0.4, -0.2) is 21.5 Å². The summed E-state index contributed by atoms with van der Waals surface area (Å²) in [4.78, 5) is 0. The van der Waals surface area contributed by atoms with Gasteiger partial charge in [0, 0.05) is 5.25 Å². The van der Waals surface area contributed by atoms with Crippen molar-refractivity contribution in [2.45, 2.75) is 43.1 Å². The van der Waals surface area contributed by atoms with Crippen molar-refractivity contribution in [2.24, 2.45) is 10.9 Å². The first kappa shape index (κ1) is 9.71. The molecule has 0 spiro atoms. The molecule has 0 amide bonds. The van der Waals surface area contributed by atoms with Gasteiger partial charge in [-0.3, -0.25) is 0 Å². The van der Waals surface area contributed by atoms with E-state index in [4.69, 9.17) is 10.9 Å². The van der Waals surface area contributed by atoms with E-state index in [1.165, 1.54) is 25.7 Å². The van der Waals surface area contributed by atoms with Crippen LogP contribution in [0.1, 0.15) is 32.6 Å². The first-order valence-electron chi connectivity index (χ1n) is 4.37. The van der Waals surface area contributed by atoms with Crippen LogP contribution in [0.4, 0.5) is 0 Å². The van der Waals surface area contributed by atoms with E-state index in [-0.39, 0.29) is 5.25 Å². The molecule has 3 N–H and O–H groups in total. The molecule has 0 bridgehead atoms. The van der Waals surface area contributed by atoms with E-state index in [1.54, 1.807) is 0 Å². The van der Waals surface area contributed by atoms with Gasteiger partial charge in [0.2, 0.25) is 0 Å². The molecule has 1 fully saturated rings. The quantitative estimate of drug-likeness (QED) is 0.307. The van der Waals surface area contributed by atoms with Crippen LogP contribution in [0.2, 0.25) is 0 Å². The molecule has 1 aliphatic carbocycles. The fraction of sp³-hybridized carbons (Fsp3) is 0.875. The highest BCUT2D eigenvalue weighted by molar-refractivity contribution is 8.01. The number of hydrogen-bond donors (Lipinski definition) is 2. The Labute approximate surface area is 77.4 Å². The summed E-state index contributed by atoms with van der Waals surface area (Å²) >= 11 is 1.82. The molecule has 0 aliphatic heterocycles. The molecule has 1 saturated carbocycles. The van der Waals surface area contributed by atoms with Crippen LogP contribution in [-0.2, 0) is 0 Å². The first-order valence-corrected chi connectivity index (χ1v) is 5.31. The highest BCUT2D eigenvalue weighted by Crippen LogP contribution is 2.31. The zero-order valence-electron chi connectivity index (χ0n) is 7.36. The maximum absolute atomic E-state index is 8.43. The predicted octanol–water partition coefficient (Wildman–Crippen LogP) is 1.80. The van der Waals surface area contributed by atoms with Gasteiger partial charge in [0.25, 0.3) is 0 Å². The zero-order chi connectivity index (χ0) is 8.97. The molecular weight excluding hydrogens is 172 g/mol. The van der Waals surface area contributed by atoms with Crippen LogP contribution in [0.5, 0.6) is 0 Å². The lowest BCUT2D eigenvalue weighted by atomic mass is 10.4. The predicted molar refractivity (Wildman–Crippen MR) is 52.7 cm³/mol. The van der Waals surface area contributed by atoms with Crippen LogP contribution in [0, 0.1) is 0 Å². The summed E-state index contributed by atoms with van der Waals surface area (Å²) in [7, 11) is 0. The number of rotatable bonds is 3. The molecule has 70 valence electrons. The molecular formula is C8H16N2OS. The minimum Gasteiger partial charge on any atom is -0.409 e. The number of amidine groups is 1. The molecule has 0 aromatic rings. The van der Waals surface area contributed by atoms with Gasteiger partial charge in [0.1, 0.15) is 0 Å². The van der Waals surface area contributed by atoms with Crippen molar-refractivity contribution < 1.29 is 5.21 Å². The number of oxime groups is 1. The Kier molecular flexibility index (Phi) is 3.72. The van der Waals surface area contributed by atoms with E-state index in [0.717, 1.165) is 5.25 Å². The van der Waals surface area contributed by atoms with Gasteiger partial charge >= 0.3 is 0 Å². The number of nitrogens with zero attached hydrogens (tertiary/aromatic N) is 1. The third-order valence-electron chi connectivity index (χ3n) is 2.23. The number of thioether (sulfide) groups is 1. The fourth-order valence-electron chi connectivity index (χ4n) is 1.46. The second-order valence-electron chi connectivity index (χ2n) is 3.21. The molecule has 4 heteroatoms. The van der Waals surface area contributed by atoms with E-state index < -0.39 is 0 Å². The zero-order valence-corrected chi connectivity index (χ0v) is 8.18. The molecule has 0 aromatic carbocycles. The summed E-state index contributed by atoms with van der Waals surface area (Å²) in [5.74, 6) is 0.340. The molecule has 1 unspecified atom stereocenters. The van der Waals surface area contributed by atoms with Gasteiger partial charge in [-0.1, -0.05) is 18.0 Å². The van der Waals surface area contributed by atoms with Gasteiger partial charge in [0.15, 0.2) is 5.84 Å². The second kappa shape index (κ2) is 4.60. The lowest BCUT2D eigenvalue weighted by molar-refractivity contribution is 0.317. The van der Waals surface area contributed by atoms with E-state index in [9.17, 15) is 0 Å². The van der Waals surface area contributed by atoms with Gasteiger partial charge in [0.05, 0.1) is 5.25 Å². The van der Waals surface area contributed by atoms with Crippen LogP contribution >= 0.6 is 11.8 Å². The Morgan fingerprint density at radius 3 is 2.67 bits per heavy atom. The third-order valence-corrected chi connectivity index (χ3v) is 3.74. The summed E-state index contributed by atoms with van der Waals surface area (Å²) in [6, 6.07) is 0. The maximum Gasteiger partial charge on any atom is 0.152 e. The topological polar surface area (TPSA) is 58.6 Å². The summed E-state index contributed by atoms with van der Waals surface area (Å²) < 4.78 is 0. The van der Waals surface area contributed by atoms with Crippen molar-refractivity contribution in [1.29, 1.82) is 0 Å². The minimum absolute atomic E-state index is 0.151. The fourth-order valence-corrected chi connectivity index (χ4v) is 2.83. The van der Waals surface area contributed by atoms with Crippen LogP contribution < -0.4 is 5.73 Å². The van der Waals surface area contributed by atoms with Crippen molar-refractivity contribution in [3.8, 4) is 0 Å². The normalized spacial score (nSPS) is 22.9. The summed E-state index contributed by atoms with van der Waals surface area (Å²) in [6.45, 7) is 1.98. The SMILES string of the molecule is CC(SC1CCCC1)/C(N)=N/O. The summed E-state index contributed by atoms with van der Waals surface area (Å²) in [6.07, 6.45) is 5.24. The minimum atomic E-state index is 0.151. The average Bonchev–Trinajstić information content (AvgIpc) is 2.55. The standard InChI is InChI=1S/C8H16N2OS/c1-6(8(9)10-11)12-7-4-2-3-5-7/h6-7,11H,2-5H2,1H3,(H2,9,10). The van der Waals surface area contributed by atoms with Crippen LogP contribution in [0.25, 0.3) is 0 Å². The smallest absolute Gasteiger partial charge is 0.152 e. The Balaban J connectivity index is 2.29. The maximum atomic E-state index is 8.43. The Morgan fingerprint density at radius 1 is 1.58 bits per heavy atom. The average molecular weight is 188 g/mol. The first-order chi connectivity index (χ1) is 5.74. The van der Waals surface area contributed by atoms with Crippen molar-refractivity contribution in [1.82, 2.24) is 0 Å². The monoisotopic (exact) mass is 188 g/mol. The number of hydrogen-bond acceptors (Lipinski definition) is 3. The van der Waals surface area contributed by atoms with Crippen molar-refractivity contribution in [2.75, 3.05) is 0 Å². The molecule has 0 heterocycles. The number of nitrogens with two attached hydrogens (primary N) is 1. The van der Waals surface area contributed by atoms with Gasteiger partial charge in [-0.25, -0.2) is 0 Å². The lowest BCUT2D eigenvalue weighted by Crippen LogP contribution is -2.25. The van der Waals surface area contributed by atoms with Gasteiger partial charge < -0.3 is 10.9 Å². The highest BCUT2D eigenvalue weighted by Gasteiger charge is 2.19. The second-order valence-corrected chi connectivity index (χ2v) is 4.86. The van der Waals surface area contributed by atoms with Gasteiger partial charge in [-0.2, -0.15) is 0 Å². The van der Waals surface area contributed by atoms with Gasteiger partial charge in [-0.05, 0) is 19.8 Å². The van der Waals surface area contributed by atoms with Crippen LogP contribution in [0.3, 0.4) is 0 Å². The highest BCUT2D eigenvalue weighted by atomic mass is 32.2. The van der Waals surface area contributed by atoms with Crippen molar-refractivity contribution in [3.63, 3.8) is 0 Å². The largest absolute Gasteiger partial charge is 0.409 e. The van der Waals surface area contributed by atoms with E-state index in [0.29, 0.717) is 5.84 Å². The molecule has 0 saturated heterocycles. The Bertz CT molecular complexity index is 166. The van der Waals surface area contributed by atoms with E-state index in [2.05, 4.69) is 5.16 Å². The third kappa shape index (κ3) is 2.59. The van der Waals surface area contributed by atoms with Gasteiger partial charge in [-0.15, -0.1) is 11.8 Å². The molecule has 0 radical (unpaired) electrons. The lowest BCUT2D eigenvalue weighted by Gasteiger charge is -2.14. The Hall–Kier alpha value is -0.380. The van der Waals surface area contributed by atoms with Crippen molar-refractivity contribution >= 4 is 17.6 Å². The molecule has 1 aliphatic rings.